The number of rotatable bonds is 7. The van der Waals surface area contributed by atoms with E-state index < -0.39 is 11.5 Å². The van der Waals surface area contributed by atoms with E-state index in [2.05, 4.69) is 15.8 Å². The van der Waals surface area contributed by atoms with Crippen molar-refractivity contribution in [2.24, 2.45) is 5.10 Å². The van der Waals surface area contributed by atoms with Crippen LogP contribution in [0.5, 0.6) is 5.75 Å². The Labute approximate surface area is 209 Å². The molecule has 0 fully saturated rings. The number of phenolic OH excluding ortho intramolecular Hbond substituents is 1. The third-order valence-electron chi connectivity index (χ3n) is 5.13. The van der Waals surface area contributed by atoms with Crippen molar-refractivity contribution in [2.75, 3.05) is 33.0 Å². The second-order valence-electron chi connectivity index (χ2n) is 9.24. The quantitative estimate of drug-likeness (QED) is 0.174. The van der Waals surface area contributed by atoms with Crippen LogP contribution >= 0.6 is 0 Å². The number of fused-ring (bicyclic) bond motifs is 1. The summed E-state index contributed by atoms with van der Waals surface area (Å²) in [7, 11) is 5.59. The third kappa shape index (κ3) is 7.66. The van der Waals surface area contributed by atoms with Gasteiger partial charge in [0, 0.05) is 29.6 Å². The van der Waals surface area contributed by atoms with E-state index in [0.717, 1.165) is 11.1 Å². The lowest BCUT2D eigenvalue weighted by molar-refractivity contribution is -0.862. The Balaban J connectivity index is 0.00000432. The number of hydrogen-bond acceptors (Lipinski definition) is 6. The van der Waals surface area contributed by atoms with Gasteiger partial charge < -0.3 is 31.7 Å². The van der Waals surface area contributed by atoms with Crippen molar-refractivity contribution < 1.29 is 36.0 Å². The molecule has 2 amide bonds. The number of carbonyl (C=O) groups is 2. The maximum absolute atomic E-state index is 13.1. The van der Waals surface area contributed by atoms with Crippen LogP contribution in [0.1, 0.15) is 16.7 Å². The maximum Gasteiger partial charge on any atom is 0.336 e. The van der Waals surface area contributed by atoms with Gasteiger partial charge in [-0.25, -0.2) is 10.2 Å². The first-order valence-electron chi connectivity index (χ1n) is 10.7. The maximum atomic E-state index is 13.1. The average Bonchev–Trinajstić information content (AvgIpc) is 2.71. The molecular formula is C25H29ClN4O5. The number of carbonyl (C=O) groups excluding carboxylic acids is 2. The number of quaternary nitrogens is 1. The Hall–Kier alpha value is -3.69. The highest BCUT2D eigenvalue weighted by atomic mass is 35.5. The number of nitrogens with one attached hydrogen (secondary N) is 2. The minimum atomic E-state index is -0.629. The first-order chi connectivity index (χ1) is 15.9. The Morgan fingerprint density at radius 2 is 1.74 bits per heavy atom. The summed E-state index contributed by atoms with van der Waals surface area (Å²) in [5.41, 5.74) is 5.17. The van der Waals surface area contributed by atoms with Gasteiger partial charge in [-0.15, -0.1) is 0 Å². The third-order valence-corrected chi connectivity index (χ3v) is 5.13. The van der Waals surface area contributed by atoms with Crippen LogP contribution in [0.15, 0.2) is 56.8 Å². The second kappa shape index (κ2) is 11.2. The number of anilines is 1. The van der Waals surface area contributed by atoms with Crippen LogP contribution in [0, 0.1) is 13.8 Å². The second-order valence-corrected chi connectivity index (χ2v) is 9.24. The average molecular weight is 501 g/mol. The standard InChI is InChI=1S/C25H28N4O5.ClH/c1-15-6-7-18(10-16(15)2)26-25(33)21(27-28-23(31)14-29(3,4)5)11-17-12-24(32)34-22-13-19(30)8-9-20(17)22;/h6-10,12-13H,11,14H2,1-5H3,(H2-,26,28,30,31,32,33);1H. The summed E-state index contributed by atoms with van der Waals surface area (Å²) in [5.74, 6) is -0.929. The number of nitrogens with zero attached hydrogens (tertiary/aromatic N) is 2. The first kappa shape index (κ1) is 27.6. The molecule has 0 saturated heterocycles. The summed E-state index contributed by atoms with van der Waals surface area (Å²) in [6.07, 6.45) is -0.0474. The number of hydrogen-bond donors (Lipinski definition) is 3. The van der Waals surface area contributed by atoms with E-state index >= 15 is 0 Å². The molecule has 0 unspecified atom stereocenters. The van der Waals surface area contributed by atoms with Gasteiger partial charge in [-0.05, 0) is 54.8 Å². The number of benzene rings is 2. The van der Waals surface area contributed by atoms with Gasteiger partial charge in [-0.3, -0.25) is 9.59 Å². The molecule has 10 heteroatoms. The Morgan fingerprint density at radius 1 is 1.03 bits per heavy atom. The minimum absolute atomic E-state index is 0. The van der Waals surface area contributed by atoms with Crippen molar-refractivity contribution in [2.45, 2.75) is 20.3 Å². The zero-order chi connectivity index (χ0) is 25.0. The highest BCUT2D eigenvalue weighted by molar-refractivity contribution is 6.43. The SMILES string of the molecule is Cc1ccc(NC(=O)/C(Cc2cc(=O)oc3cc(O)ccc23)=N/NC(=O)C[N+](C)(C)C)cc1C.[Cl-]. The molecule has 1 heterocycles. The van der Waals surface area contributed by atoms with Crippen LogP contribution < -0.4 is 28.8 Å². The number of phenols is 1. The van der Waals surface area contributed by atoms with Crippen LogP contribution in [0.2, 0.25) is 0 Å². The van der Waals surface area contributed by atoms with E-state index in [4.69, 9.17) is 4.42 Å². The molecule has 2 aromatic carbocycles. The Morgan fingerprint density at radius 3 is 2.40 bits per heavy atom. The van der Waals surface area contributed by atoms with Crippen LogP contribution in [-0.4, -0.2) is 54.8 Å². The Kier molecular flexibility index (Phi) is 8.78. The highest BCUT2D eigenvalue weighted by Gasteiger charge is 2.19. The molecule has 0 atom stereocenters. The zero-order valence-electron chi connectivity index (χ0n) is 20.3. The summed E-state index contributed by atoms with van der Waals surface area (Å²) >= 11 is 0. The van der Waals surface area contributed by atoms with Gasteiger partial charge in [-0.1, -0.05) is 6.07 Å². The normalized spacial score (nSPS) is 11.6. The van der Waals surface area contributed by atoms with Gasteiger partial charge in [0.1, 0.15) is 17.0 Å². The fraction of sp³-hybridized carbons (Fsp3) is 0.280. The van der Waals surface area contributed by atoms with Gasteiger partial charge in [0.05, 0.1) is 21.1 Å². The number of halogens is 1. The molecule has 9 nitrogen and oxygen atoms in total. The van der Waals surface area contributed by atoms with Gasteiger partial charge in [0.15, 0.2) is 6.54 Å². The lowest BCUT2D eigenvalue weighted by atomic mass is 10.0. The van der Waals surface area contributed by atoms with Crippen LogP contribution in [-0.2, 0) is 16.0 Å². The molecule has 0 bridgehead atoms. The summed E-state index contributed by atoms with van der Waals surface area (Å²) in [4.78, 5) is 37.6. The molecule has 0 aliphatic carbocycles. The molecule has 1 aromatic heterocycles. The predicted molar refractivity (Wildman–Crippen MR) is 131 cm³/mol. The number of amides is 2. The van der Waals surface area contributed by atoms with Crippen molar-refractivity contribution in [3.63, 3.8) is 0 Å². The van der Waals surface area contributed by atoms with Crippen molar-refractivity contribution in [1.29, 1.82) is 0 Å². The van der Waals surface area contributed by atoms with Gasteiger partial charge in [0.25, 0.3) is 11.8 Å². The van der Waals surface area contributed by atoms with Crippen molar-refractivity contribution in [1.82, 2.24) is 5.43 Å². The van der Waals surface area contributed by atoms with Crippen LogP contribution in [0.4, 0.5) is 5.69 Å². The van der Waals surface area contributed by atoms with Gasteiger partial charge in [0.2, 0.25) is 0 Å². The van der Waals surface area contributed by atoms with E-state index in [1.807, 2.05) is 47.1 Å². The largest absolute Gasteiger partial charge is 1.00 e. The minimum Gasteiger partial charge on any atom is -1.00 e. The molecule has 3 rings (SSSR count). The molecule has 186 valence electrons. The van der Waals surface area contributed by atoms with Crippen molar-refractivity contribution in [3.05, 3.63) is 69.6 Å². The fourth-order valence-corrected chi connectivity index (χ4v) is 3.33. The molecule has 3 N–H and O–H groups in total. The molecule has 0 saturated carbocycles. The van der Waals surface area contributed by atoms with E-state index in [1.54, 1.807) is 12.1 Å². The monoisotopic (exact) mass is 500 g/mol. The summed E-state index contributed by atoms with van der Waals surface area (Å²) < 4.78 is 5.56. The highest BCUT2D eigenvalue weighted by Crippen LogP contribution is 2.22. The number of hydrazone groups is 1. The zero-order valence-corrected chi connectivity index (χ0v) is 21.1. The van der Waals surface area contributed by atoms with Crippen molar-refractivity contribution in [3.8, 4) is 5.75 Å². The number of likely N-dealkylation sites (N-methyl/N-ethyl adjacent to an activating group) is 1. The summed E-state index contributed by atoms with van der Waals surface area (Å²) in [6, 6.07) is 11.2. The topological polar surface area (TPSA) is 121 Å². The van der Waals surface area contributed by atoms with Crippen LogP contribution in [0.25, 0.3) is 11.0 Å². The van der Waals surface area contributed by atoms with E-state index in [-0.39, 0.29) is 48.3 Å². The van der Waals surface area contributed by atoms with Crippen LogP contribution in [0.3, 0.4) is 0 Å². The Bertz CT molecular complexity index is 1340. The van der Waals surface area contributed by atoms with Gasteiger partial charge >= 0.3 is 5.63 Å². The van der Waals surface area contributed by atoms with Crippen molar-refractivity contribution >= 4 is 34.2 Å². The lowest BCUT2D eigenvalue weighted by Crippen LogP contribution is -3.00. The molecule has 0 aliphatic rings. The molecule has 0 aliphatic heterocycles. The van der Waals surface area contributed by atoms with E-state index in [9.17, 15) is 19.5 Å². The molecule has 0 spiro atoms. The molecule has 0 radical (unpaired) electrons. The number of aromatic hydroxyl groups is 1. The first-order valence-corrected chi connectivity index (χ1v) is 10.7. The summed E-state index contributed by atoms with van der Waals surface area (Å²) in [5, 5.41) is 17.2. The predicted octanol–water partition coefficient (Wildman–Crippen LogP) is -0.521. The smallest absolute Gasteiger partial charge is 0.336 e. The molecular weight excluding hydrogens is 472 g/mol. The molecule has 3 aromatic rings. The molecule has 35 heavy (non-hydrogen) atoms. The van der Waals surface area contributed by atoms with E-state index in [1.165, 1.54) is 18.2 Å². The number of aryl methyl sites for hydroxylation is 2. The lowest BCUT2D eigenvalue weighted by Gasteiger charge is -2.22. The fourth-order valence-electron chi connectivity index (χ4n) is 3.33. The summed E-state index contributed by atoms with van der Waals surface area (Å²) in [6.45, 7) is 4.07. The van der Waals surface area contributed by atoms with E-state index in [0.29, 0.717) is 21.1 Å². The van der Waals surface area contributed by atoms with Gasteiger partial charge in [-0.2, -0.15) is 5.10 Å².